The number of halogens is 1. The number of aromatic nitrogens is 2. The lowest BCUT2D eigenvalue weighted by Gasteiger charge is -2.01. The highest BCUT2D eigenvalue weighted by Gasteiger charge is 2.19. The smallest absolute Gasteiger partial charge is 0.259 e. The standard InChI is InChI=1S/C15H14FN3O3S2/c1-2-6-17-24(20,21)13-8-11(9-23-13)15-18-14(19-22-15)10-4-3-5-12(16)7-10/h3-5,7-9,17H,2,6H2,1H3. The maximum Gasteiger partial charge on any atom is 0.259 e. The van der Waals surface area contributed by atoms with Crippen LogP contribution in [-0.2, 0) is 10.0 Å². The molecule has 0 fully saturated rings. The molecule has 0 aliphatic rings. The van der Waals surface area contributed by atoms with Crippen LogP contribution in [0, 0.1) is 5.82 Å². The molecule has 0 unspecified atom stereocenters. The van der Waals surface area contributed by atoms with Gasteiger partial charge in [0.25, 0.3) is 5.89 Å². The lowest BCUT2D eigenvalue weighted by molar-refractivity contribution is 0.432. The van der Waals surface area contributed by atoms with Crippen LogP contribution in [0.3, 0.4) is 0 Å². The number of hydrogen-bond donors (Lipinski definition) is 1. The fourth-order valence-corrected chi connectivity index (χ4v) is 4.29. The molecule has 0 aliphatic heterocycles. The molecular formula is C15H14FN3O3S2. The summed E-state index contributed by atoms with van der Waals surface area (Å²) in [5.41, 5.74) is 0.990. The van der Waals surface area contributed by atoms with E-state index in [0.29, 0.717) is 24.1 Å². The Labute approximate surface area is 142 Å². The lowest BCUT2D eigenvalue weighted by Crippen LogP contribution is -2.23. The number of nitrogens with one attached hydrogen (secondary N) is 1. The zero-order valence-corrected chi connectivity index (χ0v) is 14.3. The molecule has 0 saturated heterocycles. The van der Waals surface area contributed by atoms with E-state index in [-0.39, 0.29) is 15.9 Å². The van der Waals surface area contributed by atoms with Crippen LogP contribution in [0.2, 0.25) is 0 Å². The molecule has 126 valence electrons. The van der Waals surface area contributed by atoms with Gasteiger partial charge in [-0.25, -0.2) is 17.5 Å². The minimum Gasteiger partial charge on any atom is -0.334 e. The van der Waals surface area contributed by atoms with E-state index in [1.54, 1.807) is 17.5 Å². The molecule has 3 rings (SSSR count). The predicted octanol–water partition coefficient (Wildman–Crippen LogP) is 3.29. The molecule has 9 heteroatoms. The van der Waals surface area contributed by atoms with Crippen molar-refractivity contribution in [2.24, 2.45) is 0 Å². The van der Waals surface area contributed by atoms with Crippen LogP contribution in [0.15, 0.2) is 44.4 Å². The van der Waals surface area contributed by atoms with E-state index in [4.69, 9.17) is 4.52 Å². The van der Waals surface area contributed by atoms with Gasteiger partial charge in [-0.15, -0.1) is 11.3 Å². The summed E-state index contributed by atoms with van der Waals surface area (Å²) in [5.74, 6) is 0.0245. The third-order valence-corrected chi connectivity index (χ3v) is 6.04. The molecule has 0 radical (unpaired) electrons. The highest BCUT2D eigenvalue weighted by molar-refractivity contribution is 7.91. The van der Waals surface area contributed by atoms with E-state index >= 15 is 0 Å². The molecule has 3 aromatic rings. The van der Waals surface area contributed by atoms with E-state index in [9.17, 15) is 12.8 Å². The number of nitrogens with zero attached hydrogens (tertiary/aromatic N) is 2. The average molecular weight is 367 g/mol. The molecule has 1 N–H and O–H groups in total. The van der Waals surface area contributed by atoms with Gasteiger partial charge in [0.15, 0.2) is 0 Å². The maximum atomic E-state index is 13.3. The van der Waals surface area contributed by atoms with Crippen molar-refractivity contribution in [3.05, 3.63) is 41.5 Å². The minimum absolute atomic E-state index is 0.177. The number of rotatable bonds is 6. The van der Waals surface area contributed by atoms with Gasteiger partial charge in [0.2, 0.25) is 15.8 Å². The van der Waals surface area contributed by atoms with Crippen molar-refractivity contribution in [3.63, 3.8) is 0 Å². The van der Waals surface area contributed by atoms with Crippen molar-refractivity contribution < 1.29 is 17.3 Å². The van der Waals surface area contributed by atoms with E-state index in [1.807, 2.05) is 6.92 Å². The van der Waals surface area contributed by atoms with Crippen molar-refractivity contribution in [1.82, 2.24) is 14.9 Å². The largest absolute Gasteiger partial charge is 0.334 e. The van der Waals surface area contributed by atoms with Gasteiger partial charge < -0.3 is 4.52 Å². The zero-order valence-electron chi connectivity index (χ0n) is 12.7. The summed E-state index contributed by atoms with van der Waals surface area (Å²) in [5, 5.41) is 5.44. The summed E-state index contributed by atoms with van der Waals surface area (Å²) in [7, 11) is -3.53. The SMILES string of the molecule is CCCNS(=O)(=O)c1cc(-c2nc(-c3cccc(F)c3)no2)cs1. The van der Waals surface area contributed by atoms with Crippen LogP contribution in [-0.4, -0.2) is 25.1 Å². The number of benzene rings is 1. The Bertz CT molecular complexity index is 950. The zero-order chi connectivity index (χ0) is 17.2. The summed E-state index contributed by atoms with van der Waals surface area (Å²) in [6, 6.07) is 7.31. The molecule has 0 atom stereocenters. The predicted molar refractivity (Wildman–Crippen MR) is 88.5 cm³/mol. The van der Waals surface area contributed by atoms with Crippen molar-refractivity contribution in [2.75, 3.05) is 6.54 Å². The number of hydrogen-bond acceptors (Lipinski definition) is 6. The first-order valence-electron chi connectivity index (χ1n) is 7.18. The minimum atomic E-state index is -3.53. The third kappa shape index (κ3) is 3.53. The molecule has 0 aliphatic carbocycles. The second-order valence-electron chi connectivity index (χ2n) is 4.99. The van der Waals surface area contributed by atoms with Crippen molar-refractivity contribution >= 4 is 21.4 Å². The Hall–Kier alpha value is -2.10. The first-order chi connectivity index (χ1) is 11.5. The summed E-state index contributed by atoms with van der Waals surface area (Å²) in [4.78, 5) is 4.20. The molecule has 2 aromatic heterocycles. The van der Waals surface area contributed by atoms with Crippen LogP contribution in [0.4, 0.5) is 4.39 Å². The van der Waals surface area contributed by atoms with Gasteiger partial charge in [-0.2, -0.15) is 4.98 Å². The third-order valence-electron chi connectivity index (χ3n) is 3.14. The van der Waals surface area contributed by atoms with E-state index in [0.717, 1.165) is 11.3 Å². The van der Waals surface area contributed by atoms with Crippen LogP contribution in [0.1, 0.15) is 13.3 Å². The molecule has 24 heavy (non-hydrogen) atoms. The van der Waals surface area contributed by atoms with E-state index < -0.39 is 15.8 Å². The average Bonchev–Trinajstić information content (AvgIpc) is 3.22. The molecule has 2 heterocycles. The lowest BCUT2D eigenvalue weighted by atomic mass is 10.2. The Kier molecular flexibility index (Phi) is 4.74. The topological polar surface area (TPSA) is 85.1 Å². The monoisotopic (exact) mass is 367 g/mol. The Morgan fingerprint density at radius 1 is 1.29 bits per heavy atom. The molecule has 0 amide bonds. The summed E-state index contributed by atoms with van der Waals surface area (Å²) in [6.45, 7) is 2.26. The molecule has 6 nitrogen and oxygen atoms in total. The maximum absolute atomic E-state index is 13.3. The number of thiophene rings is 1. The Morgan fingerprint density at radius 3 is 2.88 bits per heavy atom. The summed E-state index contributed by atoms with van der Waals surface area (Å²) >= 11 is 1.07. The van der Waals surface area contributed by atoms with Crippen LogP contribution in [0.25, 0.3) is 22.8 Å². The van der Waals surface area contributed by atoms with E-state index in [2.05, 4.69) is 14.9 Å². The molecule has 0 bridgehead atoms. The molecule has 0 saturated carbocycles. The fraction of sp³-hybridized carbons (Fsp3) is 0.200. The Balaban J connectivity index is 1.86. The van der Waals surface area contributed by atoms with Gasteiger partial charge in [-0.3, -0.25) is 0 Å². The van der Waals surface area contributed by atoms with E-state index in [1.165, 1.54) is 18.2 Å². The van der Waals surface area contributed by atoms with Crippen LogP contribution < -0.4 is 4.72 Å². The van der Waals surface area contributed by atoms with Gasteiger partial charge in [-0.1, -0.05) is 24.2 Å². The first-order valence-corrected chi connectivity index (χ1v) is 9.54. The second kappa shape index (κ2) is 6.80. The van der Waals surface area contributed by atoms with Crippen LogP contribution in [0.5, 0.6) is 0 Å². The number of sulfonamides is 1. The first kappa shape index (κ1) is 16.7. The highest BCUT2D eigenvalue weighted by Crippen LogP contribution is 2.29. The summed E-state index contributed by atoms with van der Waals surface area (Å²) < 4.78 is 45.3. The molecule has 0 spiro atoms. The normalized spacial score (nSPS) is 11.8. The summed E-state index contributed by atoms with van der Waals surface area (Å²) in [6.07, 6.45) is 0.706. The van der Waals surface area contributed by atoms with Crippen molar-refractivity contribution in [1.29, 1.82) is 0 Å². The van der Waals surface area contributed by atoms with Gasteiger partial charge in [0.05, 0.1) is 5.56 Å². The molecular weight excluding hydrogens is 353 g/mol. The van der Waals surface area contributed by atoms with Gasteiger partial charge in [-0.05, 0) is 24.6 Å². The Morgan fingerprint density at radius 2 is 2.12 bits per heavy atom. The second-order valence-corrected chi connectivity index (χ2v) is 7.89. The fourth-order valence-electron chi connectivity index (χ4n) is 1.96. The van der Waals surface area contributed by atoms with Crippen molar-refractivity contribution in [2.45, 2.75) is 17.6 Å². The van der Waals surface area contributed by atoms with Crippen molar-refractivity contribution in [3.8, 4) is 22.8 Å². The molecule has 1 aromatic carbocycles. The van der Waals surface area contributed by atoms with Gasteiger partial charge in [0.1, 0.15) is 10.0 Å². The quantitative estimate of drug-likeness (QED) is 0.723. The van der Waals surface area contributed by atoms with Gasteiger partial charge >= 0.3 is 0 Å². The van der Waals surface area contributed by atoms with Crippen LogP contribution >= 0.6 is 11.3 Å². The van der Waals surface area contributed by atoms with Gasteiger partial charge in [0, 0.05) is 17.5 Å². The highest BCUT2D eigenvalue weighted by atomic mass is 32.2.